The summed E-state index contributed by atoms with van der Waals surface area (Å²) in [4.78, 5) is 14.4. The number of sulfonamides is 1. The van der Waals surface area contributed by atoms with Crippen molar-refractivity contribution >= 4 is 38.9 Å². The third-order valence-electron chi connectivity index (χ3n) is 4.52. The molecular weight excluding hydrogens is 400 g/mol. The maximum atomic E-state index is 12.8. The molecular formula is C20H23ClN2O4S. The fourth-order valence-electron chi connectivity index (χ4n) is 3.04. The molecule has 0 radical (unpaired) electrons. The molecule has 0 bridgehead atoms. The van der Waals surface area contributed by atoms with Gasteiger partial charge in [-0.05, 0) is 56.7 Å². The van der Waals surface area contributed by atoms with Crippen molar-refractivity contribution in [1.29, 1.82) is 0 Å². The van der Waals surface area contributed by atoms with Crippen LogP contribution >= 0.6 is 11.6 Å². The Morgan fingerprint density at radius 1 is 1.18 bits per heavy atom. The zero-order valence-corrected chi connectivity index (χ0v) is 17.6. The summed E-state index contributed by atoms with van der Waals surface area (Å²) >= 11 is 5.84. The number of carbonyl (C=O) groups excluding carboxylic acids is 1. The molecule has 0 spiro atoms. The molecule has 0 atom stereocenters. The van der Waals surface area contributed by atoms with Gasteiger partial charge in [-0.15, -0.1) is 0 Å². The van der Waals surface area contributed by atoms with Crippen molar-refractivity contribution in [2.24, 2.45) is 5.41 Å². The van der Waals surface area contributed by atoms with Crippen molar-refractivity contribution in [3.8, 4) is 5.75 Å². The topological polar surface area (TPSA) is 75.7 Å². The highest BCUT2D eigenvalue weighted by atomic mass is 35.5. The molecule has 28 heavy (non-hydrogen) atoms. The van der Waals surface area contributed by atoms with Gasteiger partial charge in [0.25, 0.3) is 0 Å². The van der Waals surface area contributed by atoms with E-state index in [2.05, 4.69) is 4.72 Å². The lowest BCUT2D eigenvalue weighted by Gasteiger charge is -2.27. The molecule has 0 aliphatic carbocycles. The Hall–Kier alpha value is -2.25. The largest absolute Gasteiger partial charge is 0.490 e. The van der Waals surface area contributed by atoms with Gasteiger partial charge in [-0.3, -0.25) is 9.52 Å². The molecule has 2 aromatic rings. The lowest BCUT2D eigenvalue weighted by Crippen LogP contribution is -2.42. The van der Waals surface area contributed by atoms with Crippen molar-refractivity contribution in [3.63, 3.8) is 0 Å². The first-order valence-corrected chi connectivity index (χ1v) is 11.0. The van der Waals surface area contributed by atoms with Crippen LogP contribution in [0.4, 0.5) is 11.4 Å². The van der Waals surface area contributed by atoms with E-state index in [1.54, 1.807) is 47.4 Å². The van der Waals surface area contributed by atoms with E-state index >= 15 is 0 Å². The van der Waals surface area contributed by atoms with Crippen molar-refractivity contribution in [2.75, 3.05) is 22.8 Å². The SMILES string of the molecule is CCN1C(=O)C(C)(C)COc2ccc(NS(=O)(=O)Cc3ccc(Cl)cc3)cc21. The van der Waals surface area contributed by atoms with Crippen LogP contribution in [0.1, 0.15) is 26.3 Å². The summed E-state index contributed by atoms with van der Waals surface area (Å²) in [5.74, 6) is 0.317. The number of hydrogen-bond acceptors (Lipinski definition) is 4. The standard InChI is InChI=1S/C20H23ClN2O4S/c1-4-23-17-11-16(9-10-18(17)27-13-20(2,3)19(23)24)22-28(25,26)12-14-5-7-15(21)8-6-14/h5-11,22H,4,12-13H2,1-3H3. The first-order valence-electron chi connectivity index (χ1n) is 8.95. The van der Waals surface area contributed by atoms with Crippen LogP contribution in [-0.2, 0) is 20.6 Å². The molecule has 2 aromatic carbocycles. The van der Waals surface area contributed by atoms with Gasteiger partial charge < -0.3 is 9.64 Å². The minimum Gasteiger partial charge on any atom is -0.490 e. The second-order valence-electron chi connectivity index (χ2n) is 7.39. The van der Waals surface area contributed by atoms with Gasteiger partial charge in [0, 0.05) is 11.6 Å². The summed E-state index contributed by atoms with van der Waals surface area (Å²) < 4.78 is 33.5. The molecule has 0 fully saturated rings. The molecule has 0 aromatic heterocycles. The van der Waals surface area contributed by atoms with Crippen LogP contribution in [0, 0.1) is 5.41 Å². The number of nitrogens with one attached hydrogen (secondary N) is 1. The molecule has 3 rings (SSSR count). The van der Waals surface area contributed by atoms with Crippen LogP contribution in [-0.4, -0.2) is 27.5 Å². The molecule has 1 aliphatic rings. The quantitative estimate of drug-likeness (QED) is 0.788. The monoisotopic (exact) mass is 422 g/mol. The zero-order valence-electron chi connectivity index (χ0n) is 16.0. The predicted octanol–water partition coefficient (Wildman–Crippen LogP) is 4.05. The number of amides is 1. The van der Waals surface area contributed by atoms with Gasteiger partial charge in [-0.25, -0.2) is 8.42 Å². The van der Waals surface area contributed by atoms with E-state index in [1.807, 2.05) is 20.8 Å². The third-order valence-corrected chi connectivity index (χ3v) is 6.03. The molecule has 0 unspecified atom stereocenters. The highest BCUT2D eigenvalue weighted by molar-refractivity contribution is 7.91. The third kappa shape index (κ3) is 4.42. The Balaban J connectivity index is 1.87. The van der Waals surface area contributed by atoms with E-state index in [1.165, 1.54) is 0 Å². The van der Waals surface area contributed by atoms with E-state index in [0.29, 0.717) is 34.3 Å². The van der Waals surface area contributed by atoms with Crippen LogP contribution in [0.3, 0.4) is 0 Å². The van der Waals surface area contributed by atoms with Crippen LogP contribution in [0.25, 0.3) is 0 Å². The van der Waals surface area contributed by atoms with Crippen LogP contribution < -0.4 is 14.4 Å². The van der Waals surface area contributed by atoms with E-state index in [-0.39, 0.29) is 18.3 Å². The van der Waals surface area contributed by atoms with Gasteiger partial charge in [0.1, 0.15) is 12.4 Å². The minimum absolute atomic E-state index is 0.0603. The van der Waals surface area contributed by atoms with E-state index < -0.39 is 15.4 Å². The number of benzene rings is 2. The van der Waals surface area contributed by atoms with Crippen molar-refractivity contribution in [3.05, 3.63) is 53.1 Å². The second-order valence-corrected chi connectivity index (χ2v) is 9.55. The maximum absolute atomic E-state index is 12.8. The lowest BCUT2D eigenvalue weighted by atomic mass is 9.93. The Bertz CT molecular complexity index is 988. The first-order chi connectivity index (χ1) is 13.1. The molecule has 1 heterocycles. The zero-order chi connectivity index (χ0) is 20.5. The second kappa shape index (κ2) is 7.64. The molecule has 0 saturated heterocycles. The normalized spacial score (nSPS) is 16.1. The summed E-state index contributed by atoms with van der Waals surface area (Å²) in [5.41, 5.74) is 0.901. The van der Waals surface area contributed by atoms with E-state index in [4.69, 9.17) is 16.3 Å². The van der Waals surface area contributed by atoms with Crippen LogP contribution in [0.5, 0.6) is 5.75 Å². The van der Waals surface area contributed by atoms with E-state index in [9.17, 15) is 13.2 Å². The molecule has 1 amide bonds. The molecule has 8 heteroatoms. The predicted molar refractivity (Wildman–Crippen MR) is 111 cm³/mol. The highest BCUT2D eigenvalue weighted by Crippen LogP contribution is 2.38. The summed E-state index contributed by atoms with van der Waals surface area (Å²) in [6.45, 7) is 6.26. The van der Waals surface area contributed by atoms with Gasteiger partial charge >= 0.3 is 0 Å². The number of halogens is 1. The average molecular weight is 423 g/mol. The minimum atomic E-state index is -3.63. The number of anilines is 2. The van der Waals surface area contributed by atoms with Crippen molar-refractivity contribution < 1.29 is 17.9 Å². The Morgan fingerprint density at radius 2 is 1.86 bits per heavy atom. The van der Waals surface area contributed by atoms with Crippen LogP contribution in [0.2, 0.25) is 5.02 Å². The molecule has 1 aliphatic heterocycles. The van der Waals surface area contributed by atoms with Gasteiger partial charge in [-0.1, -0.05) is 23.7 Å². The van der Waals surface area contributed by atoms with E-state index in [0.717, 1.165) is 0 Å². The summed E-state index contributed by atoms with van der Waals surface area (Å²) in [6.07, 6.45) is 0. The fraction of sp³-hybridized carbons (Fsp3) is 0.350. The smallest absolute Gasteiger partial charge is 0.236 e. The van der Waals surface area contributed by atoms with Gasteiger partial charge in [0.05, 0.1) is 22.5 Å². The number of rotatable bonds is 5. The molecule has 1 N–H and O–H groups in total. The fourth-order valence-corrected chi connectivity index (χ4v) is 4.35. The highest BCUT2D eigenvalue weighted by Gasteiger charge is 2.37. The first kappa shape index (κ1) is 20.5. The van der Waals surface area contributed by atoms with Crippen LogP contribution in [0.15, 0.2) is 42.5 Å². The summed E-state index contributed by atoms with van der Waals surface area (Å²) in [6, 6.07) is 11.6. The number of hydrogen-bond donors (Lipinski definition) is 1. The maximum Gasteiger partial charge on any atom is 0.236 e. The Labute approximate surface area is 170 Å². The average Bonchev–Trinajstić information content (AvgIpc) is 2.71. The van der Waals surface area contributed by atoms with Gasteiger partial charge in [-0.2, -0.15) is 0 Å². The van der Waals surface area contributed by atoms with Gasteiger partial charge in [0.15, 0.2) is 0 Å². The number of fused-ring (bicyclic) bond motifs is 1. The molecule has 6 nitrogen and oxygen atoms in total. The number of ether oxygens (including phenoxy) is 1. The number of nitrogens with zero attached hydrogens (tertiary/aromatic N) is 1. The summed E-state index contributed by atoms with van der Waals surface area (Å²) in [7, 11) is -3.63. The summed E-state index contributed by atoms with van der Waals surface area (Å²) in [5, 5.41) is 0.548. The van der Waals surface area contributed by atoms with Crippen molar-refractivity contribution in [2.45, 2.75) is 26.5 Å². The Kier molecular flexibility index (Phi) is 5.59. The van der Waals surface area contributed by atoms with Gasteiger partial charge in [0.2, 0.25) is 15.9 Å². The van der Waals surface area contributed by atoms with Crippen molar-refractivity contribution in [1.82, 2.24) is 0 Å². The molecule has 0 saturated carbocycles. The molecule has 150 valence electrons. The Morgan fingerprint density at radius 3 is 2.50 bits per heavy atom. The number of carbonyl (C=O) groups is 1. The lowest BCUT2D eigenvalue weighted by molar-refractivity contribution is -0.127.